The van der Waals surface area contributed by atoms with Gasteiger partial charge in [0.2, 0.25) is 0 Å². The van der Waals surface area contributed by atoms with Gasteiger partial charge in [-0.1, -0.05) is 18.2 Å². The summed E-state index contributed by atoms with van der Waals surface area (Å²) < 4.78 is 0. The van der Waals surface area contributed by atoms with E-state index in [1.54, 1.807) is 0 Å². The molecule has 16 heavy (non-hydrogen) atoms. The molecule has 1 aromatic carbocycles. The predicted molar refractivity (Wildman–Crippen MR) is 67.9 cm³/mol. The molecule has 1 saturated carbocycles. The van der Waals surface area contributed by atoms with Gasteiger partial charge in [-0.05, 0) is 37.4 Å². The van der Waals surface area contributed by atoms with Crippen LogP contribution in [0.25, 0.3) is 0 Å². The molecule has 1 N–H and O–H groups in total. The lowest BCUT2D eigenvalue weighted by molar-refractivity contribution is 0.304. The van der Waals surface area contributed by atoms with E-state index in [0.29, 0.717) is 5.92 Å². The zero-order valence-corrected chi connectivity index (χ0v) is 9.95. The number of anilines is 1. The zero-order chi connectivity index (χ0) is 11.0. The summed E-state index contributed by atoms with van der Waals surface area (Å²) in [5.41, 5.74) is 2.84. The van der Waals surface area contributed by atoms with Gasteiger partial charge in [0.05, 0.1) is 0 Å². The van der Waals surface area contributed by atoms with Crippen molar-refractivity contribution in [2.75, 3.05) is 32.0 Å². The minimum atomic E-state index is 0.681. The minimum absolute atomic E-state index is 0.681. The van der Waals surface area contributed by atoms with Crippen molar-refractivity contribution in [2.24, 2.45) is 5.92 Å². The molecule has 1 aliphatic carbocycles. The summed E-state index contributed by atoms with van der Waals surface area (Å²) in [6.45, 7) is 3.59. The van der Waals surface area contributed by atoms with E-state index in [1.165, 1.54) is 37.2 Å². The third-order valence-corrected chi connectivity index (χ3v) is 3.74. The van der Waals surface area contributed by atoms with Gasteiger partial charge in [0, 0.05) is 31.2 Å². The van der Waals surface area contributed by atoms with E-state index >= 15 is 0 Å². The Balaban J connectivity index is 1.63. The van der Waals surface area contributed by atoms with Crippen molar-refractivity contribution in [1.29, 1.82) is 0 Å². The first-order valence-electron chi connectivity index (χ1n) is 6.34. The molecule has 0 spiro atoms. The quantitative estimate of drug-likeness (QED) is 0.832. The maximum atomic E-state index is 3.50. The molecule has 86 valence electrons. The summed E-state index contributed by atoms with van der Waals surface area (Å²) in [7, 11) is 2.26. The molecule has 2 aliphatic rings. The van der Waals surface area contributed by atoms with Gasteiger partial charge in [-0.25, -0.2) is 0 Å². The predicted octanol–water partition coefficient (Wildman–Crippen LogP) is 2.54. The summed E-state index contributed by atoms with van der Waals surface area (Å²) >= 11 is 0. The third kappa shape index (κ3) is 2.07. The number of fused-ring (bicyclic) bond motifs is 1. The van der Waals surface area contributed by atoms with Crippen LogP contribution in [-0.4, -0.2) is 31.6 Å². The monoisotopic (exact) mass is 216 g/mol. The Hall–Kier alpha value is -1.02. The van der Waals surface area contributed by atoms with Crippen LogP contribution in [0.4, 0.5) is 5.69 Å². The van der Waals surface area contributed by atoms with Crippen molar-refractivity contribution >= 4 is 5.69 Å². The number of nitrogens with one attached hydrogen (secondary N) is 1. The number of hydrogen-bond donors (Lipinski definition) is 1. The van der Waals surface area contributed by atoms with Gasteiger partial charge >= 0.3 is 0 Å². The van der Waals surface area contributed by atoms with Gasteiger partial charge in [0.1, 0.15) is 0 Å². The molecule has 2 heteroatoms. The minimum Gasteiger partial charge on any atom is -0.384 e. The van der Waals surface area contributed by atoms with Crippen molar-refractivity contribution in [3.05, 3.63) is 29.8 Å². The molecule has 0 saturated heterocycles. The fraction of sp³-hybridized carbons (Fsp3) is 0.571. The maximum Gasteiger partial charge on any atom is 0.0376 e. The molecule has 1 aliphatic heterocycles. The van der Waals surface area contributed by atoms with Crippen LogP contribution in [0.3, 0.4) is 0 Å². The number of likely N-dealkylation sites (N-methyl/N-ethyl adjacent to an activating group) is 1. The third-order valence-electron chi connectivity index (χ3n) is 3.74. The summed E-state index contributed by atoms with van der Waals surface area (Å²) in [5.74, 6) is 1.68. The van der Waals surface area contributed by atoms with Gasteiger partial charge < -0.3 is 10.2 Å². The smallest absolute Gasteiger partial charge is 0.0376 e. The van der Waals surface area contributed by atoms with E-state index in [4.69, 9.17) is 0 Å². The van der Waals surface area contributed by atoms with Crippen molar-refractivity contribution in [2.45, 2.75) is 18.8 Å². The Kier molecular flexibility index (Phi) is 2.60. The van der Waals surface area contributed by atoms with Gasteiger partial charge in [-0.15, -0.1) is 0 Å². The van der Waals surface area contributed by atoms with E-state index in [2.05, 4.69) is 41.5 Å². The number of rotatable bonds is 4. The normalized spacial score (nSPS) is 23.2. The number of para-hydroxylation sites is 1. The van der Waals surface area contributed by atoms with E-state index in [1.807, 2.05) is 0 Å². The Labute approximate surface area is 97.6 Å². The van der Waals surface area contributed by atoms with Gasteiger partial charge in [0.15, 0.2) is 0 Å². The molecule has 2 nitrogen and oxygen atoms in total. The molecule has 0 bridgehead atoms. The van der Waals surface area contributed by atoms with E-state index in [9.17, 15) is 0 Å². The van der Waals surface area contributed by atoms with Crippen LogP contribution in [0.15, 0.2) is 24.3 Å². The fourth-order valence-electron chi connectivity index (χ4n) is 2.71. The highest BCUT2D eigenvalue weighted by atomic mass is 15.1. The number of hydrogen-bond acceptors (Lipinski definition) is 2. The molecule has 0 amide bonds. The van der Waals surface area contributed by atoms with Crippen LogP contribution < -0.4 is 5.32 Å². The topological polar surface area (TPSA) is 15.3 Å². The van der Waals surface area contributed by atoms with Crippen molar-refractivity contribution in [1.82, 2.24) is 4.90 Å². The first-order chi connectivity index (χ1) is 7.83. The van der Waals surface area contributed by atoms with Crippen molar-refractivity contribution in [3.8, 4) is 0 Å². The Morgan fingerprint density at radius 1 is 1.25 bits per heavy atom. The van der Waals surface area contributed by atoms with E-state index in [0.717, 1.165) is 12.5 Å². The van der Waals surface area contributed by atoms with Gasteiger partial charge in [0.25, 0.3) is 0 Å². The molecule has 1 atom stereocenters. The summed E-state index contributed by atoms with van der Waals surface area (Å²) in [4.78, 5) is 2.51. The molecular weight excluding hydrogens is 196 g/mol. The van der Waals surface area contributed by atoms with E-state index in [-0.39, 0.29) is 0 Å². The highest BCUT2D eigenvalue weighted by Gasteiger charge is 2.26. The Morgan fingerprint density at radius 2 is 2.06 bits per heavy atom. The van der Waals surface area contributed by atoms with Crippen LogP contribution in [0, 0.1) is 5.92 Å². The Bertz CT molecular complexity index is 371. The van der Waals surface area contributed by atoms with Crippen molar-refractivity contribution in [3.63, 3.8) is 0 Å². The average molecular weight is 216 g/mol. The number of benzene rings is 1. The SMILES string of the molecule is CN(CC1CC1)CC1CNc2ccccc21. The molecule has 1 unspecified atom stereocenters. The van der Waals surface area contributed by atoms with Crippen LogP contribution in [0.1, 0.15) is 24.3 Å². The maximum absolute atomic E-state index is 3.50. The lowest BCUT2D eigenvalue weighted by atomic mass is 10.0. The largest absolute Gasteiger partial charge is 0.384 e. The van der Waals surface area contributed by atoms with Crippen LogP contribution in [-0.2, 0) is 0 Å². The first-order valence-corrected chi connectivity index (χ1v) is 6.34. The Morgan fingerprint density at radius 3 is 2.88 bits per heavy atom. The molecule has 3 rings (SSSR count). The lowest BCUT2D eigenvalue weighted by Gasteiger charge is -2.20. The molecule has 1 fully saturated rings. The molecule has 0 aromatic heterocycles. The van der Waals surface area contributed by atoms with Crippen molar-refractivity contribution < 1.29 is 0 Å². The van der Waals surface area contributed by atoms with E-state index < -0.39 is 0 Å². The lowest BCUT2D eigenvalue weighted by Crippen LogP contribution is -2.27. The second-order valence-corrected chi connectivity index (χ2v) is 5.33. The number of nitrogens with zero attached hydrogens (tertiary/aromatic N) is 1. The fourth-order valence-corrected chi connectivity index (χ4v) is 2.71. The second-order valence-electron chi connectivity index (χ2n) is 5.33. The molecule has 1 aromatic rings. The molecular formula is C14H20N2. The highest BCUT2D eigenvalue weighted by Crippen LogP contribution is 2.33. The summed E-state index contributed by atoms with van der Waals surface area (Å²) in [5, 5.41) is 3.50. The molecule has 0 radical (unpaired) electrons. The molecule has 1 heterocycles. The zero-order valence-electron chi connectivity index (χ0n) is 9.95. The average Bonchev–Trinajstić information content (AvgIpc) is 3.00. The summed E-state index contributed by atoms with van der Waals surface area (Å²) in [6.07, 6.45) is 2.90. The van der Waals surface area contributed by atoms with Gasteiger partial charge in [-0.3, -0.25) is 0 Å². The second kappa shape index (κ2) is 4.10. The van der Waals surface area contributed by atoms with Crippen LogP contribution >= 0.6 is 0 Å². The standard InChI is InChI=1S/C14H20N2/c1-16(9-11-6-7-11)10-12-8-15-14-5-3-2-4-13(12)14/h2-5,11-12,15H,6-10H2,1H3. The van der Waals surface area contributed by atoms with Gasteiger partial charge in [-0.2, -0.15) is 0 Å². The first kappa shape index (κ1) is 10.2. The van der Waals surface area contributed by atoms with Crippen LogP contribution in [0.5, 0.6) is 0 Å². The summed E-state index contributed by atoms with van der Waals surface area (Å²) in [6, 6.07) is 8.73. The highest BCUT2D eigenvalue weighted by molar-refractivity contribution is 5.57. The van der Waals surface area contributed by atoms with Crippen LogP contribution in [0.2, 0.25) is 0 Å².